The molecule has 0 fully saturated rings. The highest BCUT2D eigenvalue weighted by Gasteiger charge is 2.17. The lowest BCUT2D eigenvalue weighted by Crippen LogP contribution is -2.09. The van der Waals surface area contributed by atoms with Gasteiger partial charge in [-0.15, -0.1) is 0 Å². The highest BCUT2D eigenvalue weighted by Crippen LogP contribution is 2.24. The number of hydrogen-bond acceptors (Lipinski definition) is 2. The number of alkyl halides is 2. The summed E-state index contributed by atoms with van der Waals surface area (Å²) in [5.74, 6) is -0.543. The Labute approximate surface area is 84.1 Å². The lowest BCUT2D eigenvalue weighted by Gasteiger charge is -2.04. The standard InChI is InChI=1S/C11H8F2O2/c1-6-9(14)7-4-2-3-5-8(7)15-10(6)11(12)13/h2-5,11H,1H3. The van der Waals surface area contributed by atoms with Gasteiger partial charge in [0.1, 0.15) is 5.58 Å². The molecule has 15 heavy (non-hydrogen) atoms. The normalized spacial score (nSPS) is 11.2. The molecule has 2 nitrogen and oxygen atoms in total. The third-order valence-corrected chi connectivity index (χ3v) is 2.26. The van der Waals surface area contributed by atoms with E-state index in [-0.39, 0.29) is 11.1 Å². The number of fused-ring (bicyclic) bond motifs is 1. The molecule has 0 atom stereocenters. The van der Waals surface area contributed by atoms with Gasteiger partial charge in [0.05, 0.1) is 5.39 Å². The Morgan fingerprint density at radius 1 is 1.27 bits per heavy atom. The van der Waals surface area contributed by atoms with Crippen molar-refractivity contribution in [3.05, 3.63) is 45.8 Å². The first-order valence-corrected chi connectivity index (χ1v) is 4.41. The largest absolute Gasteiger partial charge is 0.454 e. The van der Waals surface area contributed by atoms with Gasteiger partial charge in [-0.05, 0) is 19.1 Å². The molecule has 0 aliphatic carbocycles. The fraction of sp³-hybridized carbons (Fsp3) is 0.182. The van der Waals surface area contributed by atoms with Gasteiger partial charge in [-0.3, -0.25) is 4.79 Å². The van der Waals surface area contributed by atoms with Crippen LogP contribution in [0.1, 0.15) is 17.7 Å². The summed E-state index contributed by atoms with van der Waals surface area (Å²) in [4.78, 5) is 11.7. The smallest absolute Gasteiger partial charge is 0.295 e. The molecule has 4 heteroatoms. The molecule has 0 radical (unpaired) electrons. The number of benzene rings is 1. The van der Waals surface area contributed by atoms with Crippen LogP contribution in [0.2, 0.25) is 0 Å². The van der Waals surface area contributed by atoms with E-state index in [2.05, 4.69) is 0 Å². The molecule has 2 rings (SSSR count). The second-order valence-corrected chi connectivity index (χ2v) is 3.22. The fourth-order valence-corrected chi connectivity index (χ4v) is 1.46. The van der Waals surface area contributed by atoms with E-state index >= 15 is 0 Å². The zero-order valence-electron chi connectivity index (χ0n) is 7.96. The molecular formula is C11H8F2O2. The predicted octanol–water partition coefficient (Wildman–Crippen LogP) is 3.04. The summed E-state index contributed by atoms with van der Waals surface area (Å²) >= 11 is 0. The van der Waals surface area contributed by atoms with Gasteiger partial charge in [-0.2, -0.15) is 0 Å². The van der Waals surface area contributed by atoms with Crippen LogP contribution >= 0.6 is 0 Å². The maximum atomic E-state index is 12.5. The first kappa shape index (κ1) is 9.83. The monoisotopic (exact) mass is 210 g/mol. The van der Waals surface area contributed by atoms with Crippen molar-refractivity contribution in [2.45, 2.75) is 13.3 Å². The number of halogens is 2. The molecule has 0 unspecified atom stereocenters. The average molecular weight is 210 g/mol. The van der Waals surface area contributed by atoms with Crippen LogP contribution in [0.4, 0.5) is 8.78 Å². The average Bonchev–Trinajstić information content (AvgIpc) is 2.23. The fourth-order valence-electron chi connectivity index (χ4n) is 1.46. The van der Waals surface area contributed by atoms with Crippen LogP contribution in [0.5, 0.6) is 0 Å². The van der Waals surface area contributed by atoms with Crippen molar-refractivity contribution in [1.82, 2.24) is 0 Å². The van der Waals surface area contributed by atoms with Gasteiger partial charge >= 0.3 is 0 Å². The zero-order valence-corrected chi connectivity index (χ0v) is 7.96. The predicted molar refractivity (Wildman–Crippen MR) is 52.2 cm³/mol. The van der Waals surface area contributed by atoms with Crippen LogP contribution in [-0.2, 0) is 0 Å². The lowest BCUT2D eigenvalue weighted by atomic mass is 10.1. The molecule has 0 saturated carbocycles. The van der Waals surface area contributed by atoms with Crippen molar-refractivity contribution < 1.29 is 13.2 Å². The SMILES string of the molecule is Cc1c(C(F)F)oc2ccccc2c1=O. The van der Waals surface area contributed by atoms with Crippen molar-refractivity contribution in [3.8, 4) is 0 Å². The van der Waals surface area contributed by atoms with Crippen LogP contribution in [0.15, 0.2) is 33.5 Å². The third-order valence-electron chi connectivity index (χ3n) is 2.26. The van der Waals surface area contributed by atoms with E-state index in [9.17, 15) is 13.6 Å². The highest BCUT2D eigenvalue weighted by molar-refractivity contribution is 5.77. The Morgan fingerprint density at radius 3 is 2.60 bits per heavy atom. The van der Waals surface area contributed by atoms with E-state index in [1.54, 1.807) is 18.2 Å². The highest BCUT2D eigenvalue weighted by atomic mass is 19.3. The summed E-state index contributed by atoms with van der Waals surface area (Å²) in [6, 6.07) is 6.36. The van der Waals surface area contributed by atoms with Gasteiger partial charge < -0.3 is 4.42 Å². The van der Waals surface area contributed by atoms with Gasteiger partial charge in [0.2, 0.25) is 0 Å². The summed E-state index contributed by atoms with van der Waals surface area (Å²) < 4.78 is 30.0. The molecule has 0 amide bonds. The van der Waals surface area contributed by atoms with Crippen molar-refractivity contribution >= 4 is 11.0 Å². The zero-order chi connectivity index (χ0) is 11.0. The van der Waals surface area contributed by atoms with E-state index in [4.69, 9.17) is 4.42 Å². The molecule has 1 aromatic carbocycles. The third kappa shape index (κ3) is 1.52. The minimum Gasteiger partial charge on any atom is -0.454 e. The second-order valence-electron chi connectivity index (χ2n) is 3.22. The molecule has 1 heterocycles. The van der Waals surface area contributed by atoms with Gasteiger partial charge in [-0.25, -0.2) is 8.78 Å². The Kier molecular flexibility index (Phi) is 2.26. The molecule has 0 aliphatic rings. The molecule has 0 bridgehead atoms. The molecule has 0 saturated heterocycles. The van der Waals surface area contributed by atoms with Crippen LogP contribution < -0.4 is 5.43 Å². The quantitative estimate of drug-likeness (QED) is 0.724. The van der Waals surface area contributed by atoms with E-state index in [0.717, 1.165) is 0 Å². The van der Waals surface area contributed by atoms with Crippen LogP contribution in [-0.4, -0.2) is 0 Å². The van der Waals surface area contributed by atoms with Gasteiger partial charge in [-0.1, -0.05) is 12.1 Å². The maximum absolute atomic E-state index is 12.5. The van der Waals surface area contributed by atoms with Crippen molar-refractivity contribution in [2.24, 2.45) is 0 Å². The summed E-state index contributed by atoms with van der Waals surface area (Å²) in [6.45, 7) is 1.35. The molecule has 2 aromatic rings. The molecule has 1 aromatic heterocycles. The van der Waals surface area contributed by atoms with E-state index in [0.29, 0.717) is 5.39 Å². The van der Waals surface area contributed by atoms with Crippen molar-refractivity contribution in [2.75, 3.05) is 0 Å². The summed E-state index contributed by atoms with van der Waals surface area (Å²) in [6.07, 6.45) is -2.76. The summed E-state index contributed by atoms with van der Waals surface area (Å²) in [7, 11) is 0. The lowest BCUT2D eigenvalue weighted by molar-refractivity contribution is 0.121. The molecule has 0 N–H and O–H groups in total. The van der Waals surface area contributed by atoms with Crippen LogP contribution in [0.25, 0.3) is 11.0 Å². The van der Waals surface area contributed by atoms with Gasteiger partial charge in [0.25, 0.3) is 6.43 Å². The number of hydrogen-bond donors (Lipinski definition) is 0. The summed E-state index contributed by atoms with van der Waals surface area (Å²) in [5.41, 5.74) is -0.223. The van der Waals surface area contributed by atoms with Crippen LogP contribution in [0.3, 0.4) is 0 Å². The Hall–Kier alpha value is -1.71. The number of rotatable bonds is 1. The van der Waals surface area contributed by atoms with Gasteiger partial charge in [0.15, 0.2) is 11.2 Å². The Bertz CT molecular complexity index is 558. The Morgan fingerprint density at radius 2 is 1.93 bits per heavy atom. The topological polar surface area (TPSA) is 30.2 Å². The maximum Gasteiger partial charge on any atom is 0.295 e. The van der Waals surface area contributed by atoms with E-state index in [1.807, 2.05) is 0 Å². The second kappa shape index (κ2) is 3.46. The van der Waals surface area contributed by atoms with Crippen LogP contribution in [0, 0.1) is 6.92 Å². The molecule has 0 spiro atoms. The van der Waals surface area contributed by atoms with Crippen molar-refractivity contribution in [3.63, 3.8) is 0 Å². The first-order valence-electron chi connectivity index (χ1n) is 4.41. The Balaban J connectivity index is 2.89. The molecular weight excluding hydrogens is 202 g/mol. The van der Waals surface area contributed by atoms with Gasteiger partial charge in [0, 0.05) is 5.56 Å². The first-order chi connectivity index (χ1) is 7.11. The van der Waals surface area contributed by atoms with E-state index < -0.39 is 17.6 Å². The van der Waals surface area contributed by atoms with E-state index in [1.165, 1.54) is 13.0 Å². The summed E-state index contributed by atoms with van der Waals surface area (Å²) in [5, 5.41) is 0.333. The minimum atomic E-state index is -2.76. The molecule has 0 aliphatic heterocycles. The number of para-hydroxylation sites is 1. The minimum absolute atomic E-state index is 0.0244. The molecule has 78 valence electrons. The van der Waals surface area contributed by atoms with Crippen molar-refractivity contribution in [1.29, 1.82) is 0 Å².